The molecule has 2 unspecified atom stereocenters. The van der Waals surface area contributed by atoms with Crippen molar-refractivity contribution < 1.29 is 18.4 Å². The molecule has 4 fully saturated rings. The molecule has 8 heteroatoms. The molecule has 0 aromatic heterocycles. The monoisotopic (exact) mass is 544 g/mol. The summed E-state index contributed by atoms with van der Waals surface area (Å²) in [6.45, 7) is 9.73. The van der Waals surface area contributed by atoms with Gasteiger partial charge in [-0.1, -0.05) is 44.2 Å². The summed E-state index contributed by atoms with van der Waals surface area (Å²) in [4.78, 5) is 33.3. The van der Waals surface area contributed by atoms with Crippen molar-refractivity contribution in [3.05, 3.63) is 35.9 Å². The Morgan fingerprint density at radius 3 is 2.28 bits per heavy atom. The van der Waals surface area contributed by atoms with Crippen molar-refractivity contribution in [2.24, 2.45) is 11.8 Å². The number of likely N-dealkylation sites (N-methyl/N-ethyl adjacent to an activating group) is 1. The van der Waals surface area contributed by atoms with Crippen LogP contribution in [0, 0.1) is 11.8 Å². The topological polar surface area (TPSA) is 55.9 Å². The van der Waals surface area contributed by atoms with Crippen LogP contribution in [0.3, 0.4) is 0 Å². The number of urea groups is 1. The van der Waals surface area contributed by atoms with Gasteiger partial charge in [-0.05, 0) is 63.4 Å². The molecule has 5 rings (SSSR count). The van der Waals surface area contributed by atoms with Gasteiger partial charge >= 0.3 is 6.03 Å². The first-order valence-corrected chi connectivity index (χ1v) is 15.2. The van der Waals surface area contributed by atoms with Crippen molar-refractivity contribution in [1.82, 2.24) is 20.0 Å². The predicted octanol–water partition coefficient (Wildman–Crippen LogP) is 5.84. The fourth-order valence-corrected chi connectivity index (χ4v) is 7.77. The minimum absolute atomic E-state index is 0.0736. The van der Waals surface area contributed by atoms with Gasteiger partial charge in [0.1, 0.15) is 0 Å². The fraction of sp³-hybridized carbons (Fsp3) is 0.742. The molecular formula is C31H46F2N4O2. The number of rotatable bonds is 9. The van der Waals surface area contributed by atoms with Gasteiger partial charge in [0.05, 0.1) is 11.6 Å². The Morgan fingerprint density at radius 1 is 1.05 bits per heavy atom. The Morgan fingerprint density at radius 2 is 1.69 bits per heavy atom. The van der Waals surface area contributed by atoms with E-state index in [1.165, 1.54) is 0 Å². The summed E-state index contributed by atoms with van der Waals surface area (Å²) in [6, 6.07) is 11.0. The molecule has 1 aromatic carbocycles. The molecule has 4 aliphatic rings. The van der Waals surface area contributed by atoms with E-state index in [2.05, 4.69) is 35.9 Å². The zero-order valence-corrected chi connectivity index (χ0v) is 23.9. The van der Waals surface area contributed by atoms with Gasteiger partial charge in [-0.25, -0.2) is 13.6 Å². The van der Waals surface area contributed by atoms with Crippen molar-refractivity contribution >= 4 is 11.9 Å². The largest absolute Gasteiger partial charge is 0.349 e. The van der Waals surface area contributed by atoms with E-state index in [1.807, 2.05) is 35.2 Å². The summed E-state index contributed by atoms with van der Waals surface area (Å²) in [5.74, 6) is -2.63. The van der Waals surface area contributed by atoms with E-state index >= 15 is 0 Å². The Bertz CT molecular complexity index is 995. The number of alkyl halides is 2. The van der Waals surface area contributed by atoms with Crippen molar-refractivity contribution in [3.63, 3.8) is 0 Å². The van der Waals surface area contributed by atoms with Gasteiger partial charge in [-0.15, -0.1) is 0 Å². The molecule has 3 aliphatic heterocycles. The summed E-state index contributed by atoms with van der Waals surface area (Å²) in [7, 11) is 0. The number of nitrogens with zero attached hydrogens (tertiary/aromatic N) is 3. The maximum absolute atomic E-state index is 13.7. The normalized spacial score (nSPS) is 29.9. The fourth-order valence-electron chi connectivity index (χ4n) is 7.77. The third kappa shape index (κ3) is 5.96. The highest BCUT2D eigenvalue weighted by atomic mass is 19.3. The molecule has 2 bridgehead atoms. The van der Waals surface area contributed by atoms with Crippen molar-refractivity contribution in [1.29, 1.82) is 0 Å². The smallest absolute Gasteiger partial charge is 0.320 e. The van der Waals surface area contributed by atoms with Gasteiger partial charge in [0.2, 0.25) is 11.8 Å². The van der Waals surface area contributed by atoms with Gasteiger partial charge in [0.15, 0.2) is 0 Å². The second kappa shape index (κ2) is 11.3. The number of amides is 3. The zero-order valence-electron chi connectivity index (χ0n) is 23.9. The lowest BCUT2D eigenvalue weighted by Gasteiger charge is -2.48. The molecule has 0 radical (unpaired) electrons. The van der Waals surface area contributed by atoms with Crippen LogP contribution in [-0.2, 0) is 4.79 Å². The molecule has 216 valence electrons. The summed E-state index contributed by atoms with van der Waals surface area (Å²) >= 11 is 0. The van der Waals surface area contributed by atoms with E-state index in [1.54, 1.807) is 0 Å². The summed E-state index contributed by atoms with van der Waals surface area (Å²) in [5.41, 5.74) is 0.992. The molecule has 3 saturated heterocycles. The average molecular weight is 545 g/mol. The number of hydrogen-bond donors (Lipinski definition) is 1. The number of nitrogens with one attached hydrogen (secondary N) is 1. The predicted molar refractivity (Wildman–Crippen MR) is 149 cm³/mol. The Kier molecular flexibility index (Phi) is 8.23. The summed E-state index contributed by atoms with van der Waals surface area (Å²) in [5, 5.41) is 3.25. The van der Waals surface area contributed by atoms with Crippen LogP contribution in [0.15, 0.2) is 30.3 Å². The molecule has 39 heavy (non-hydrogen) atoms. The Balaban J connectivity index is 1.26. The summed E-state index contributed by atoms with van der Waals surface area (Å²) < 4.78 is 27.3. The molecule has 3 atom stereocenters. The number of hydrogen-bond acceptors (Lipinski definition) is 3. The first-order chi connectivity index (χ1) is 18.6. The second-order valence-electron chi connectivity index (χ2n) is 12.9. The minimum atomic E-state index is -2.64. The molecular weight excluding hydrogens is 498 g/mol. The molecule has 6 nitrogen and oxygen atoms in total. The molecule has 1 spiro atoms. The quantitative estimate of drug-likeness (QED) is 0.425. The van der Waals surface area contributed by atoms with Gasteiger partial charge < -0.3 is 15.1 Å². The van der Waals surface area contributed by atoms with Gasteiger partial charge in [0.25, 0.3) is 0 Å². The van der Waals surface area contributed by atoms with Crippen LogP contribution in [0.25, 0.3) is 0 Å². The number of piperidine rings is 1. The Labute approximate surface area is 232 Å². The number of carbonyl (C=O) groups excluding carboxylic acids is 2. The molecule has 1 N–H and O–H groups in total. The third-order valence-electron chi connectivity index (χ3n) is 9.77. The van der Waals surface area contributed by atoms with E-state index in [4.69, 9.17) is 0 Å². The van der Waals surface area contributed by atoms with Crippen LogP contribution in [0.1, 0.15) is 90.2 Å². The van der Waals surface area contributed by atoms with Gasteiger partial charge in [0, 0.05) is 57.0 Å². The van der Waals surface area contributed by atoms with E-state index in [0.717, 1.165) is 63.8 Å². The highest BCUT2D eigenvalue weighted by Gasteiger charge is 2.56. The zero-order chi connectivity index (χ0) is 27.8. The van der Waals surface area contributed by atoms with Crippen LogP contribution >= 0.6 is 0 Å². The van der Waals surface area contributed by atoms with E-state index < -0.39 is 5.92 Å². The molecule has 3 heterocycles. The van der Waals surface area contributed by atoms with E-state index in [0.29, 0.717) is 18.0 Å². The van der Waals surface area contributed by atoms with Crippen molar-refractivity contribution in [3.8, 4) is 0 Å². The number of benzene rings is 1. The van der Waals surface area contributed by atoms with Crippen LogP contribution in [0.2, 0.25) is 0 Å². The van der Waals surface area contributed by atoms with Gasteiger partial charge in [-0.2, -0.15) is 0 Å². The number of halogens is 2. The molecule has 1 aromatic rings. The number of carbonyl (C=O) groups is 2. The van der Waals surface area contributed by atoms with Crippen molar-refractivity contribution in [2.45, 2.75) is 108 Å². The SMILES string of the molecule is CCN1CC2(CC3CCC(C2)N3CC[C@H](NC(=O)C2CCC(F)(F)CC2)c2ccccc2)N(CC(C)C)C1=O. The molecule has 1 saturated carbocycles. The first kappa shape index (κ1) is 28.3. The highest BCUT2D eigenvalue weighted by molar-refractivity contribution is 5.79. The third-order valence-corrected chi connectivity index (χ3v) is 9.77. The highest BCUT2D eigenvalue weighted by Crippen LogP contribution is 2.47. The maximum Gasteiger partial charge on any atom is 0.320 e. The van der Waals surface area contributed by atoms with Crippen molar-refractivity contribution in [2.75, 3.05) is 26.2 Å². The first-order valence-electron chi connectivity index (χ1n) is 15.2. The standard InChI is InChI=1S/C31H46F2N4O2/c1-4-35-21-30(37(29(35)39)20-22(2)3)18-25-10-11-26(19-30)36(25)17-14-27(23-8-6-5-7-9-23)34-28(38)24-12-15-31(32,33)16-13-24/h5-9,22,24-27H,4,10-21H2,1-3H3,(H,34,38)/t25?,26?,27-,30?/m0/s1. The second-order valence-corrected chi connectivity index (χ2v) is 12.9. The lowest BCUT2D eigenvalue weighted by Crippen LogP contribution is -2.59. The summed E-state index contributed by atoms with van der Waals surface area (Å²) in [6.07, 6.45) is 5.21. The number of fused-ring (bicyclic) bond motifs is 2. The van der Waals surface area contributed by atoms with Crippen LogP contribution in [-0.4, -0.2) is 76.4 Å². The Hall–Kier alpha value is -2.22. The van der Waals surface area contributed by atoms with Crippen LogP contribution in [0.5, 0.6) is 0 Å². The van der Waals surface area contributed by atoms with Gasteiger partial charge in [-0.3, -0.25) is 9.69 Å². The lowest BCUT2D eigenvalue weighted by molar-refractivity contribution is -0.130. The minimum Gasteiger partial charge on any atom is -0.349 e. The lowest BCUT2D eigenvalue weighted by atomic mass is 9.81. The maximum atomic E-state index is 13.7. The molecule has 3 amide bonds. The van der Waals surface area contributed by atoms with E-state index in [-0.39, 0.29) is 55.1 Å². The average Bonchev–Trinajstić information content (AvgIpc) is 3.30. The van der Waals surface area contributed by atoms with E-state index in [9.17, 15) is 18.4 Å². The van der Waals surface area contributed by atoms with Crippen LogP contribution < -0.4 is 5.32 Å². The molecule has 1 aliphatic carbocycles. The van der Waals surface area contributed by atoms with Crippen LogP contribution in [0.4, 0.5) is 13.6 Å².